The fourth-order valence-corrected chi connectivity index (χ4v) is 1.06. The molecule has 0 rings (SSSR count). The molecule has 10 heavy (non-hydrogen) atoms. The van der Waals surface area contributed by atoms with Gasteiger partial charge < -0.3 is 5.11 Å². The van der Waals surface area contributed by atoms with Crippen LogP contribution >= 0.6 is 15.9 Å². The van der Waals surface area contributed by atoms with Crippen LogP contribution in [0.15, 0.2) is 12.7 Å². The third-order valence-electron chi connectivity index (χ3n) is 1.29. The van der Waals surface area contributed by atoms with Crippen LogP contribution in [0.4, 0.5) is 0 Å². The zero-order valence-electron chi connectivity index (χ0n) is 5.93. The fraction of sp³-hybridized carbons (Fsp3) is 0.571. The van der Waals surface area contributed by atoms with Crippen molar-refractivity contribution in [2.45, 2.75) is 24.1 Å². The summed E-state index contributed by atoms with van der Waals surface area (Å²) in [6.45, 7) is 5.38. The average Bonchev–Trinajstić information content (AvgIpc) is 1.88. The molecule has 2 nitrogen and oxygen atoms in total. The van der Waals surface area contributed by atoms with E-state index in [1.165, 1.54) is 6.08 Å². The molecular formula is C7H11BrO2. The number of carbonyl (C=O) groups is 1. The minimum Gasteiger partial charge on any atom is -0.480 e. The summed E-state index contributed by atoms with van der Waals surface area (Å²) in [4.78, 5) is 10.5. The Balaban J connectivity index is 4.22. The van der Waals surface area contributed by atoms with E-state index in [-0.39, 0.29) is 0 Å². The van der Waals surface area contributed by atoms with Crippen molar-refractivity contribution in [1.82, 2.24) is 0 Å². The first-order chi connectivity index (χ1) is 4.56. The maximum atomic E-state index is 10.5. The topological polar surface area (TPSA) is 37.3 Å². The van der Waals surface area contributed by atoms with Crippen molar-refractivity contribution in [3.05, 3.63) is 12.7 Å². The number of carboxylic acid groups (broad SMARTS) is 1. The van der Waals surface area contributed by atoms with E-state index in [2.05, 4.69) is 22.5 Å². The van der Waals surface area contributed by atoms with Gasteiger partial charge in [-0.3, -0.25) is 4.79 Å². The van der Waals surface area contributed by atoms with Crippen LogP contribution in [0.2, 0.25) is 0 Å². The molecule has 0 bridgehead atoms. The molecule has 0 saturated heterocycles. The van der Waals surface area contributed by atoms with Gasteiger partial charge in [-0.2, -0.15) is 0 Å². The summed E-state index contributed by atoms with van der Waals surface area (Å²) in [5.41, 5.74) is 0. The highest BCUT2D eigenvalue weighted by atomic mass is 79.9. The second-order valence-corrected chi connectivity index (χ2v) is 3.54. The lowest BCUT2D eigenvalue weighted by Gasteiger charge is -2.15. The van der Waals surface area contributed by atoms with Crippen molar-refractivity contribution in [2.24, 2.45) is 0 Å². The predicted octanol–water partition coefficient (Wildman–Crippen LogP) is 2.19. The zero-order valence-corrected chi connectivity index (χ0v) is 7.52. The van der Waals surface area contributed by atoms with Gasteiger partial charge in [0.05, 0.1) is 0 Å². The third-order valence-corrected chi connectivity index (χ3v) is 2.35. The molecule has 0 amide bonds. The van der Waals surface area contributed by atoms with E-state index in [0.29, 0.717) is 6.42 Å². The highest BCUT2D eigenvalue weighted by molar-refractivity contribution is 9.10. The Hall–Kier alpha value is -0.310. The standard InChI is InChI=1S/C7H11BrO2/c1-3-5-7(8,4-2)6(9)10/h4H,2-3,5H2,1H3,(H,9,10). The van der Waals surface area contributed by atoms with Gasteiger partial charge >= 0.3 is 5.97 Å². The minimum atomic E-state index is -0.915. The summed E-state index contributed by atoms with van der Waals surface area (Å²) < 4.78 is -0.915. The largest absolute Gasteiger partial charge is 0.480 e. The van der Waals surface area contributed by atoms with Gasteiger partial charge in [-0.05, 0) is 6.42 Å². The number of rotatable bonds is 4. The van der Waals surface area contributed by atoms with Crippen molar-refractivity contribution >= 4 is 21.9 Å². The Morgan fingerprint density at radius 1 is 1.90 bits per heavy atom. The average molecular weight is 207 g/mol. The van der Waals surface area contributed by atoms with Gasteiger partial charge in [0.25, 0.3) is 0 Å². The molecule has 0 radical (unpaired) electrons. The van der Waals surface area contributed by atoms with Gasteiger partial charge in [-0.25, -0.2) is 0 Å². The van der Waals surface area contributed by atoms with Gasteiger partial charge in [-0.1, -0.05) is 35.4 Å². The van der Waals surface area contributed by atoms with Gasteiger partial charge in [0.1, 0.15) is 4.32 Å². The molecule has 0 aliphatic rings. The fourth-order valence-electron chi connectivity index (χ4n) is 0.660. The molecular weight excluding hydrogens is 196 g/mol. The summed E-state index contributed by atoms with van der Waals surface area (Å²) in [7, 11) is 0. The van der Waals surface area contributed by atoms with Crippen LogP contribution < -0.4 is 0 Å². The normalized spacial score (nSPS) is 15.8. The Kier molecular flexibility index (Phi) is 3.64. The molecule has 3 heteroatoms. The molecule has 1 atom stereocenters. The molecule has 0 spiro atoms. The molecule has 0 aliphatic heterocycles. The number of alkyl halides is 1. The van der Waals surface area contributed by atoms with E-state index in [1.807, 2.05) is 6.92 Å². The van der Waals surface area contributed by atoms with Gasteiger partial charge in [0.15, 0.2) is 0 Å². The van der Waals surface area contributed by atoms with E-state index in [1.54, 1.807) is 0 Å². The van der Waals surface area contributed by atoms with Crippen molar-refractivity contribution in [3.63, 3.8) is 0 Å². The molecule has 0 saturated carbocycles. The summed E-state index contributed by atoms with van der Waals surface area (Å²) in [6.07, 6.45) is 2.81. The number of hydrogen-bond acceptors (Lipinski definition) is 1. The van der Waals surface area contributed by atoms with Crippen molar-refractivity contribution in [2.75, 3.05) is 0 Å². The Bertz CT molecular complexity index is 145. The van der Waals surface area contributed by atoms with E-state index < -0.39 is 10.3 Å². The molecule has 0 aliphatic carbocycles. The van der Waals surface area contributed by atoms with Crippen LogP contribution in [0.25, 0.3) is 0 Å². The minimum absolute atomic E-state index is 0.575. The van der Waals surface area contributed by atoms with Gasteiger partial charge in [0, 0.05) is 0 Å². The molecule has 1 unspecified atom stereocenters. The highest BCUT2D eigenvalue weighted by Crippen LogP contribution is 2.25. The second kappa shape index (κ2) is 3.76. The van der Waals surface area contributed by atoms with Crippen molar-refractivity contribution < 1.29 is 9.90 Å². The smallest absolute Gasteiger partial charge is 0.324 e. The predicted molar refractivity (Wildman–Crippen MR) is 44.4 cm³/mol. The summed E-state index contributed by atoms with van der Waals surface area (Å²) in [5, 5.41) is 8.65. The molecule has 1 N–H and O–H groups in total. The van der Waals surface area contributed by atoms with E-state index in [4.69, 9.17) is 5.11 Å². The van der Waals surface area contributed by atoms with Crippen LogP contribution in [0, 0.1) is 0 Å². The van der Waals surface area contributed by atoms with Gasteiger partial charge in [-0.15, -0.1) is 6.58 Å². The molecule has 0 heterocycles. The SMILES string of the molecule is C=CC(Br)(CCC)C(=O)O. The van der Waals surface area contributed by atoms with Crippen LogP contribution in [-0.4, -0.2) is 15.4 Å². The Morgan fingerprint density at radius 2 is 2.40 bits per heavy atom. The lowest BCUT2D eigenvalue weighted by molar-refractivity contribution is -0.138. The van der Waals surface area contributed by atoms with Gasteiger partial charge in [0.2, 0.25) is 0 Å². The second-order valence-electron chi connectivity index (χ2n) is 2.12. The van der Waals surface area contributed by atoms with Crippen molar-refractivity contribution in [3.8, 4) is 0 Å². The monoisotopic (exact) mass is 206 g/mol. The molecule has 0 aromatic heterocycles. The zero-order chi connectivity index (χ0) is 8.20. The van der Waals surface area contributed by atoms with Crippen molar-refractivity contribution in [1.29, 1.82) is 0 Å². The van der Waals surface area contributed by atoms with E-state index in [9.17, 15) is 4.79 Å². The summed E-state index contributed by atoms with van der Waals surface area (Å²) >= 11 is 3.09. The lowest BCUT2D eigenvalue weighted by atomic mass is 10.0. The van der Waals surface area contributed by atoms with Crippen LogP contribution in [0.1, 0.15) is 19.8 Å². The number of carboxylic acids is 1. The number of halogens is 1. The molecule has 58 valence electrons. The quantitative estimate of drug-likeness (QED) is 0.566. The summed E-state index contributed by atoms with van der Waals surface area (Å²) in [5.74, 6) is -0.871. The maximum Gasteiger partial charge on any atom is 0.324 e. The first-order valence-electron chi connectivity index (χ1n) is 3.12. The van der Waals surface area contributed by atoms with Crippen LogP contribution in [0.5, 0.6) is 0 Å². The molecule has 0 aromatic carbocycles. The first-order valence-corrected chi connectivity index (χ1v) is 3.92. The molecule has 0 fully saturated rings. The Labute approximate surface area is 69.1 Å². The lowest BCUT2D eigenvalue weighted by Crippen LogP contribution is -2.28. The number of hydrogen-bond donors (Lipinski definition) is 1. The Morgan fingerprint density at radius 3 is 2.50 bits per heavy atom. The summed E-state index contributed by atoms with van der Waals surface area (Å²) in [6, 6.07) is 0. The number of aliphatic carboxylic acids is 1. The van der Waals surface area contributed by atoms with E-state index in [0.717, 1.165) is 6.42 Å². The highest BCUT2D eigenvalue weighted by Gasteiger charge is 2.30. The maximum absolute atomic E-state index is 10.5. The van der Waals surface area contributed by atoms with Crippen LogP contribution in [0.3, 0.4) is 0 Å². The third kappa shape index (κ3) is 2.14. The van der Waals surface area contributed by atoms with Crippen LogP contribution in [-0.2, 0) is 4.79 Å². The molecule has 0 aromatic rings. The van der Waals surface area contributed by atoms with E-state index >= 15 is 0 Å². The first kappa shape index (κ1) is 9.69.